The van der Waals surface area contributed by atoms with E-state index in [1.807, 2.05) is 0 Å². The number of carbonyl (C=O) groups excluding carboxylic acids is 1. The van der Waals surface area contributed by atoms with Gasteiger partial charge >= 0.3 is 6.03 Å². The van der Waals surface area contributed by atoms with Crippen LogP contribution in [-0.4, -0.2) is 59.2 Å². The van der Waals surface area contributed by atoms with Crippen molar-refractivity contribution in [2.45, 2.75) is 55.9 Å². The van der Waals surface area contributed by atoms with Gasteiger partial charge < -0.3 is 10.1 Å². The minimum atomic E-state index is -3.72. The van der Waals surface area contributed by atoms with Crippen molar-refractivity contribution in [3.63, 3.8) is 0 Å². The molecule has 0 fully saturated rings. The average Bonchev–Trinajstić information content (AvgIpc) is 3.50. The van der Waals surface area contributed by atoms with Gasteiger partial charge in [0.2, 0.25) is 15.9 Å². The zero-order valence-corrected chi connectivity index (χ0v) is 21.4. The Hall–Kier alpha value is -2.64. The Morgan fingerprint density at radius 1 is 1.26 bits per heavy atom. The van der Waals surface area contributed by atoms with Crippen LogP contribution in [0.3, 0.4) is 0 Å². The van der Waals surface area contributed by atoms with Crippen molar-refractivity contribution in [1.82, 2.24) is 18.8 Å². The molecule has 0 saturated heterocycles. The summed E-state index contributed by atoms with van der Waals surface area (Å²) in [4.78, 5) is 13.1. The van der Waals surface area contributed by atoms with E-state index in [-0.39, 0.29) is 16.7 Å². The van der Waals surface area contributed by atoms with E-state index in [1.165, 1.54) is 22.3 Å². The largest absolute Gasteiger partial charge is 0.477 e. The van der Waals surface area contributed by atoms with Crippen LogP contribution in [0.15, 0.2) is 17.2 Å². The first-order valence-electron chi connectivity index (χ1n) is 11.7. The van der Waals surface area contributed by atoms with Crippen LogP contribution in [0.1, 0.15) is 47.4 Å². The fraction of sp³-hybridized carbons (Fsp3) is 0.545. The predicted molar refractivity (Wildman–Crippen MR) is 131 cm³/mol. The van der Waals surface area contributed by atoms with Crippen LogP contribution in [-0.2, 0) is 45.7 Å². The molecule has 0 spiro atoms. The van der Waals surface area contributed by atoms with E-state index >= 15 is 0 Å². The summed E-state index contributed by atoms with van der Waals surface area (Å²) in [5.41, 5.74) is 4.94. The van der Waals surface area contributed by atoms with Crippen molar-refractivity contribution in [3.8, 4) is 5.88 Å². The summed E-state index contributed by atoms with van der Waals surface area (Å²) in [7, 11) is -5.50. The molecule has 0 bridgehead atoms. The number of likely N-dealkylation sites (N-methyl/N-ethyl adjacent to an activating group) is 1. The van der Waals surface area contributed by atoms with Crippen molar-refractivity contribution < 1.29 is 22.2 Å². The number of ether oxygens (including phenoxy) is 1. The van der Waals surface area contributed by atoms with Gasteiger partial charge in [-0.2, -0.15) is 5.10 Å². The first kappa shape index (κ1) is 24.1. The Balaban J connectivity index is 1.43. The molecule has 3 N–H and O–H groups in total. The van der Waals surface area contributed by atoms with Gasteiger partial charge in [-0.25, -0.2) is 35.9 Å². The maximum Gasteiger partial charge on any atom is 0.331 e. The first-order valence-corrected chi connectivity index (χ1v) is 15.1. The smallest absolute Gasteiger partial charge is 0.331 e. The van der Waals surface area contributed by atoms with Gasteiger partial charge in [0.05, 0.1) is 19.1 Å². The third-order valence-corrected chi connectivity index (χ3v) is 9.69. The molecule has 35 heavy (non-hydrogen) atoms. The summed E-state index contributed by atoms with van der Waals surface area (Å²) in [5, 5.41) is 7.03. The zero-order chi connectivity index (χ0) is 25.0. The molecule has 1 aromatic carbocycles. The summed E-state index contributed by atoms with van der Waals surface area (Å²) in [6.07, 6.45) is 7.53. The molecule has 0 radical (unpaired) electrons. The highest BCUT2D eigenvalue weighted by molar-refractivity contribution is 7.91. The normalized spacial score (nSPS) is 20.5. The van der Waals surface area contributed by atoms with Crippen molar-refractivity contribution in [3.05, 3.63) is 34.5 Å². The monoisotopic (exact) mass is 522 g/mol. The van der Waals surface area contributed by atoms with Gasteiger partial charge in [-0.1, -0.05) is 6.07 Å². The lowest BCUT2D eigenvalue weighted by molar-refractivity contribution is 0.224. The minimum Gasteiger partial charge on any atom is -0.477 e. The number of urea groups is 1. The molecule has 2 amide bonds. The van der Waals surface area contributed by atoms with Crippen LogP contribution in [0.4, 0.5) is 10.5 Å². The van der Waals surface area contributed by atoms with Gasteiger partial charge in [-0.3, -0.25) is 0 Å². The number of carbonyl (C=O) groups is 1. The van der Waals surface area contributed by atoms with Crippen molar-refractivity contribution in [2.24, 2.45) is 0 Å². The summed E-state index contributed by atoms with van der Waals surface area (Å²) in [6, 6.07) is 1.44. The third kappa shape index (κ3) is 4.52. The van der Waals surface area contributed by atoms with E-state index in [4.69, 9.17) is 9.52 Å². The molecule has 2 aromatic rings. The number of hydrogen-bond acceptors (Lipinski definition) is 7. The molecule has 190 valence electrons. The minimum absolute atomic E-state index is 0.0449. The number of nitrogens with zero attached hydrogens (tertiary/aromatic N) is 3. The maximum absolute atomic E-state index is 13.2. The number of benzene rings is 1. The van der Waals surface area contributed by atoms with Crippen LogP contribution in [0.2, 0.25) is 0 Å². The fourth-order valence-electron chi connectivity index (χ4n) is 5.31. The van der Waals surface area contributed by atoms with Gasteiger partial charge in [0.25, 0.3) is 0 Å². The zero-order valence-electron chi connectivity index (χ0n) is 19.8. The van der Waals surface area contributed by atoms with Crippen molar-refractivity contribution in [1.29, 1.82) is 4.78 Å². The Bertz CT molecular complexity index is 1400. The Morgan fingerprint density at radius 2 is 2.06 bits per heavy atom. The second kappa shape index (κ2) is 8.79. The molecule has 1 aromatic heterocycles. The summed E-state index contributed by atoms with van der Waals surface area (Å²) in [5.74, 6) is 0.185. The Kier molecular flexibility index (Phi) is 6.04. The van der Waals surface area contributed by atoms with Crippen molar-refractivity contribution >= 4 is 31.7 Å². The van der Waals surface area contributed by atoms with E-state index in [9.17, 15) is 17.4 Å². The lowest BCUT2D eigenvalue weighted by atomic mass is 9.93. The van der Waals surface area contributed by atoms with Gasteiger partial charge in [0, 0.05) is 38.2 Å². The first-order chi connectivity index (χ1) is 16.5. The molecule has 2 heterocycles. The second-order valence-electron chi connectivity index (χ2n) is 9.45. The maximum atomic E-state index is 13.2. The highest BCUT2D eigenvalue weighted by Gasteiger charge is 2.33. The van der Waals surface area contributed by atoms with E-state index in [2.05, 4.69) is 21.2 Å². The predicted octanol–water partition coefficient (Wildman–Crippen LogP) is 2.22. The third-order valence-electron chi connectivity index (χ3n) is 7.04. The van der Waals surface area contributed by atoms with Crippen LogP contribution < -0.4 is 14.8 Å². The van der Waals surface area contributed by atoms with Crippen LogP contribution >= 0.6 is 0 Å². The summed E-state index contributed by atoms with van der Waals surface area (Å²) >= 11 is 0. The lowest BCUT2D eigenvalue weighted by Gasteiger charge is -2.24. The summed E-state index contributed by atoms with van der Waals surface area (Å²) < 4.78 is 56.4. The topological polar surface area (TPSA) is 146 Å². The molecule has 13 heteroatoms. The highest BCUT2D eigenvalue weighted by Crippen LogP contribution is 2.44. The molecular formula is C22H30N6O5S2. The number of rotatable bonds is 6. The SMILES string of the molecule is CN(CC1CCc2cc3c(c(NC(=O)NS(=N)(=O)c4cnn5c4OCCC5)c21)CCC3)S(C)(=O)=O. The van der Waals surface area contributed by atoms with Gasteiger partial charge in [-0.15, -0.1) is 0 Å². The number of aryl methyl sites for hydroxylation is 3. The molecule has 11 nitrogen and oxygen atoms in total. The number of hydrogen-bond donors (Lipinski definition) is 3. The van der Waals surface area contributed by atoms with E-state index in [1.54, 1.807) is 11.7 Å². The standard InChI is InChI=1S/C22H30N6O5S2/c1-27(34(2,30)31)13-16-8-7-15-11-14-5-3-6-17(14)20(19(15)16)25-22(29)26-35(23,32)18-12-24-28-9-4-10-33-21(18)28/h11-12,16H,3-10,13H2,1-2H3,(H3,23,25,26,29,32). The highest BCUT2D eigenvalue weighted by atomic mass is 32.2. The van der Waals surface area contributed by atoms with Gasteiger partial charge in [-0.05, 0) is 54.4 Å². The molecule has 3 aliphatic rings. The fourth-order valence-corrected chi connectivity index (χ4v) is 6.79. The number of nitrogens with one attached hydrogen (secondary N) is 3. The quantitative estimate of drug-likeness (QED) is 0.530. The molecule has 2 atom stereocenters. The Labute approximate surface area is 205 Å². The molecular weight excluding hydrogens is 492 g/mol. The second-order valence-corrected chi connectivity index (χ2v) is 13.3. The van der Waals surface area contributed by atoms with Crippen LogP contribution in [0.5, 0.6) is 5.88 Å². The van der Waals surface area contributed by atoms with Crippen molar-refractivity contribution in [2.75, 3.05) is 31.8 Å². The van der Waals surface area contributed by atoms with Gasteiger partial charge in [0.1, 0.15) is 4.90 Å². The number of anilines is 1. The number of amides is 2. The van der Waals surface area contributed by atoms with E-state index in [0.717, 1.165) is 55.2 Å². The molecule has 2 aliphatic carbocycles. The molecule has 5 rings (SSSR count). The molecule has 1 aliphatic heterocycles. The molecule has 2 unspecified atom stereocenters. The number of aromatic nitrogens is 2. The van der Waals surface area contributed by atoms with Gasteiger partial charge in [0.15, 0.2) is 9.92 Å². The van der Waals surface area contributed by atoms with Crippen LogP contribution in [0.25, 0.3) is 0 Å². The van der Waals surface area contributed by atoms with E-state index < -0.39 is 26.0 Å². The number of sulfonamides is 1. The Morgan fingerprint density at radius 3 is 2.83 bits per heavy atom. The van der Waals surface area contributed by atoms with Crippen LogP contribution in [0, 0.1) is 4.78 Å². The lowest BCUT2D eigenvalue weighted by Crippen LogP contribution is -2.35. The number of fused-ring (bicyclic) bond motifs is 3. The summed E-state index contributed by atoms with van der Waals surface area (Å²) in [6.45, 7) is 1.35. The van der Waals surface area contributed by atoms with E-state index in [0.29, 0.717) is 25.4 Å². The average molecular weight is 523 g/mol. The molecule has 0 saturated carbocycles.